The molecular weight excluding hydrogens is 362 g/mol. The van der Waals surface area contributed by atoms with Crippen LogP contribution in [0.5, 0.6) is 5.75 Å². The highest BCUT2D eigenvalue weighted by atomic mass is 16.5. The van der Waals surface area contributed by atoms with Crippen molar-refractivity contribution in [3.63, 3.8) is 0 Å². The van der Waals surface area contributed by atoms with E-state index in [-0.39, 0.29) is 23.1 Å². The number of nitrogens with zero attached hydrogens (tertiary/aromatic N) is 1. The molecular formula is C25H29NO3. The van der Waals surface area contributed by atoms with E-state index in [9.17, 15) is 9.59 Å². The summed E-state index contributed by atoms with van der Waals surface area (Å²) in [6, 6.07) is 16.3. The summed E-state index contributed by atoms with van der Waals surface area (Å²) in [4.78, 5) is 28.1. The van der Waals surface area contributed by atoms with Crippen molar-refractivity contribution in [2.75, 3.05) is 13.7 Å². The highest BCUT2D eigenvalue weighted by Crippen LogP contribution is 2.50. The molecule has 1 aliphatic carbocycles. The SMILES string of the molecule is COc1cccc([C@]23CCCC[C@@H]2C(=O)N(CCc2ccc(C)cc2)C(=O)C3)c1. The molecule has 1 saturated carbocycles. The minimum atomic E-state index is -0.388. The van der Waals surface area contributed by atoms with E-state index in [4.69, 9.17) is 4.74 Å². The van der Waals surface area contributed by atoms with E-state index in [1.54, 1.807) is 7.11 Å². The Morgan fingerprint density at radius 1 is 1.10 bits per heavy atom. The maximum atomic E-state index is 13.5. The van der Waals surface area contributed by atoms with E-state index in [0.717, 1.165) is 42.6 Å². The quantitative estimate of drug-likeness (QED) is 0.708. The topological polar surface area (TPSA) is 46.6 Å². The Balaban J connectivity index is 1.59. The zero-order valence-electron chi connectivity index (χ0n) is 17.3. The number of imide groups is 1. The van der Waals surface area contributed by atoms with Crippen molar-refractivity contribution in [3.8, 4) is 5.75 Å². The summed E-state index contributed by atoms with van der Waals surface area (Å²) in [5.74, 6) is 0.626. The molecule has 1 saturated heterocycles. The molecule has 0 bridgehead atoms. The number of amides is 2. The Morgan fingerprint density at radius 2 is 1.90 bits per heavy atom. The zero-order valence-corrected chi connectivity index (χ0v) is 17.3. The summed E-state index contributed by atoms with van der Waals surface area (Å²) in [5.41, 5.74) is 3.05. The van der Waals surface area contributed by atoms with Crippen LogP contribution in [0.3, 0.4) is 0 Å². The fourth-order valence-corrected chi connectivity index (χ4v) is 5.10. The number of likely N-dealkylation sites (tertiary alicyclic amines) is 1. The van der Waals surface area contributed by atoms with E-state index in [1.165, 1.54) is 10.5 Å². The summed E-state index contributed by atoms with van der Waals surface area (Å²) in [5, 5.41) is 0. The predicted molar refractivity (Wildman–Crippen MR) is 113 cm³/mol. The molecule has 0 aromatic heterocycles. The lowest BCUT2D eigenvalue weighted by atomic mass is 9.58. The molecule has 4 heteroatoms. The standard InChI is InChI=1S/C25H29NO3/c1-18-9-11-19(12-10-18)13-15-26-23(27)17-25(14-4-3-8-22(25)24(26)28)20-6-5-7-21(16-20)29-2/h5-7,9-12,16,22H,3-4,8,13-15,17H2,1-2H3/t22-,25-/m1/s1. The van der Waals surface area contributed by atoms with Gasteiger partial charge in [-0.15, -0.1) is 0 Å². The molecule has 4 nitrogen and oxygen atoms in total. The van der Waals surface area contributed by atoms with Gasteiger partial charge in [-0.25, -0.2) is 0 Å². The Labute approximate surface area is 172 Å². The maximum Gasteiger partial charge on any atom is 0.233 e. The highest BCUT2D eigenvalue weighted by molar-refractivity contribution is 6.01. The number of hydrogen-bond donors (Lipinski definition) is 0. The van der Waals surface area contributed by atoms with Crippen LogP contribution in [0.1, 0.15) is 48.8 Å². The second-order valence-electron chi connectivity index (χ2n) is 8.48. The van der Waals surface area contributed by atoms with Crippen molar-refractivity contribution < 1.29 is 14.3 Å². The minimum absolute atomic E-state index is 0.0101. The van der Waals surface area contributed by atoms with Crippen LogP contribution >= 0.6 is 0 Å². The largest absolute Gasteiger partial charge is 0.497 e. The van der Waals surface area contributed by atoms with E-state index in [2.05, 4.69) is 37.3 Å². The van der Waals surface area contributed by atoms with Gasteiger partial charge in [-0.1, -0.05) is 54.8 Å². The molecule has 2 aromatic rings. The van der Waals surface area contributed by atoms with E-state index in [1.807, 2.05) is 18.2 Å². The molecule has 0 N–H and O–H groups in total. The van der Waals surface area contributed by atoms with Crippen molar-refractivity contribution in [2.24, 2.45) is 5.92 Å². The van der Waals surface area contributed by atoms with Crippen molar-refractivity contribution in [3.05, 3.63) is 65.2 Å². The van der Waals surface area contributed by atoms with E-state index in [0.29, 0.717) is 19.4 Å². The Kier molecular flexibility index (Phi) is 5.44. The number of benzene rings is 2. The molecule has 2 atom stereocenters. The summed E-state index contributed by atoms with van der Waals surface area (Å²) in [6.45, 7) is 2.52. The summed E-state index contributed by atoms with van der Waals surface area (Å²) in [7, 11) is 1.65. The van der Waals surface area contributed by atoms with Gasteiger partial charge in [0.15, 0.2) is 0 Å². The van der Waals surface area contributed by atoms with Gasteiger partial charge in [0.05, 0.1) is 7.11 Å². The Bertz CT molecular complexity index is 905. The maximum absolute atomic E-state index is 13.5. The number of hydrogen-bond acceptors (Lipinski definition) is 3. The zero-order chi connectivity index (χ0) is 20.4. The number of aryl methyl sites for hydroxylation is 1. The number of methoxy groups -OCH3 is 1. The molecule has 0 spiro atoms. The molecule has 1 aliphatic heterocycles. The molecule has 2 aromatic carbocycles. The number of carbonyl (C=O) groups excluding carboxylic acids is 2. The van der Waals surface area contributed by atoms with E-state index >= 15 is 0 Å². The molecule has 0 unspecified atom stereocenters. The fourth-order valence-electron chi connectivity index (χ4n) is 5.10. The van der Waals surface area contributed by atoms with Gasteiger partial charge in [-0.05, 0) is 49.4 Å². The van der Waals surface area contributed by atoms with E-state index < -0.39 is 0 Å². The fraction of sp³-hybridized carbons (Fsp3) is 0.440. The number of carbonyl (C=O) groups is 2. The monoisotopic (exact) mass is 391 g/mol. The summed E-state index contributed by atoms with van der Waals surface area (Å²) < 4.78 is 5.41. The van der Waals surface area contributed by atoms with Gasteiger partial charge in [0.25, 0.3) is 0 Å². The average Bonchev–Trinajstić information content (AvgIpc) is 2.75. The third kappa shape index (κ3) is 3.68. The molecule has 1 heterocycles. The summed E-state index contributed by atoms with van der Waals surface area (Å²) >= 11 is 0. The Morgan fingerprint density at radius 3 is 2.66 bits per heavy atom. The second kappa shape index (κ2) is 8.02. The van der Waals surface area contributed by atoms with Crippen LogP contribution in [0, 0.1) is 12.8 Å². The van der Waals surface area contributed by atoms with Crippen molar-refractivity contribution in [2.45, 2.75) is 50.9 Å². The average molecular weight is 392 g/mol. The predicted octanol–water partition coefficient (Wildman–Crippen LogP) is 4.43. The molecule has 152 valence electrons. The van der Waals surface area contributed by atoms with Crippen LogP contribution in [0.4, 0.5) is 0 Å². The van der Waals surface area contributed by atoms with Crippen LogP contribution < -0.4 is 4.74 Å². The first-order valence-corrected chi connectivity index (χ1v) is 10.6. The van der Waals surface area contributed by atoms with Gasteiger partial charge in [-0.2, -0.15) is 0 Å². The molecule has 29 heavy (non-hydrogen) atoms. The lowest BCUT2D eigenvalue weighted by Gasteiger charge is -2.49. The van der Waals surface area contributed by atoms with Crippen LogP contribution in [0.25, 0.3) is 0 Å². The van der Waals surface area contributed by atoms with Gasteiger partial charge in [0.1, 0.15) is 5.75 Å². The number of fused-ring (bicyclic) bond motifs is 1. The van der Waals surface area contributed by atoms with Gasteiger partial charge in [-0.3, -0.25) is 14.5 Å². The molecule has 4 rings (SSSR count). The van der Waals surface area contributed by atoms with Gasteiger partial charge in [0, 0.05) is 24.3 Å². The van der Waals surface area contributed by atoms with Crippen molar-refractivity contribution >= 4 is 11.8 Å². The van der Waals surface area contributed by atoms with Gasteiger partial charge < -0.3 is 4.74 Å². The third-order valence-electron chi connectivity index (χ3n) is 6.75. The van der Waals surface area contributed by atoms with Crippen LogP contribution in [0.2, 0.25) is 0 Å². The van der Waals surface area contributed by atoms with Crippen molar-refractivity contribution in [1.29, 1.82) is 0 Å². The van der Waals surface area contributed by atoms with Crippen LogP contribution in [-0.2, 0) is 21.4 Å². The lowest BCUT2D eigenvalue weighted by Crippen LogP contribution is -2.57. The number of rotatable bonds is 5. The third-order valence-corrected chi connectivity index (χ3v) is 6.75. The normalized spacial score (nSPS) is 24.3. The first-order chi connectivity index (χ1) is 14.0. The lowest BCUT2D eigenvalue weighted by molar-refractivity contribution is -0.157. The van der Waals surface area contributed by atoms with Crippen LogP contribution in [0.15, 0.2) is 48.5 Å². The first kappa shape index (κ1) is 19.7. The number of ether oxygens (including phenoxy) is 1. The van der Waals surface area contributed by atoms with Crippen LogP contribution in [-0.4, -0.2) is 30.4 Å². The molecule has 0 radical (unpaired) electrons. The molecule has 2 aliphatic rings. The summed E-state index contributed by atoms with van der Waals surface area (Å²) in [6.07, 6.45) is 4.94. The smallest absolute Gasteiger partial charge is 0.233 e. The Hall–Kier alpha value is -2.62. The molecule has 2 fully saturated rings. The highest BCUT2D eigenvalue weighted by Gasteiger charge is 2.53. The number of piperidine rings is 1. The van der Waals surface area contributed by atoms with Crippen molar-refractivity contribution in [1.82, 2.24) is 4.90 Å². The van der Waals surface area contributed by atoms with Gasteiger partial charge in [0.2, 0.25) is 11.8 Å². The second-order valence-corrected chi connectivity index (χ2v) is 8.48. The molecule has 2 amide bonds. The minimum Gasteiger partial charge on any atom is -0.497 e. The first-order valence-electron chi connectivity index (χ1n) is 10.6. The van der Waals surface area contributed by atoms with Gasteiger partial charge >= 0.3 is 0 Å².